The third kappa shape index (κ3) is 5.05. The van der Waals surface area contributed by atoms with E-state index in [2.05, 4.69) is 52.3 Å². The Bertz CT molecular complexity index is 1390. The Balaban J connectivity index is 1.39. The number of halogens is 1. The van der Waals surface area contributed by atoms with E-state index in [9.17, 15) is 4.79 Å². The standard InChI is InChI=1S/C28H29ClN4O2/c1-18-22(10-12-30-18)17-33(13-11-21-16-31-26-15-23(29)5-7-24(21)26)27-8-4-20-14-19(2-6-25(20)27)3-9-28(34)32-35/h2-3,5-7,9-10,12,14-16,27,30-31,35H,4,8,11,13,17H2,1H3,(H,32,34)/b9-3+. The summed E-state index contributed by atoms with van der Waals surface area (Å²) < 4.78 is 0. The topological polar surface area (TPSA) is 84.2 Å². The Labute approximate surface area is 209 Å². The molecule has 35 heavy (non-hydrogen) atoms. The number of aryl methyl sites for hydroxylation is 2. The molecule has 2 aromatic heterocycles. The van der Waals surface area contributed by atoms with Crippen molar-refractivity contribution in [2.75, 3.05) is 6.54 Å². The summed E-state index contributed by atoms with van der Waals surface area (Å²) in [4.78, 5) is 20.6. The second kappa shape index (κ2) is 10.1. The molecular weight excluding hydrogens is 460 g/mol. The number of amides is 1. The number of hydroxylamine groups is 1. The van der Waals surface area contributed by atoms with Crippen LogP contribution in [0.4, 0.5) is 0 Å². The molecule has 1 atom stereocenters. The molecule has 0 saturated heterocycles. The molecule has 0 spiro atoms. The van der Waals surface area contributed by atoms with Gasteiger partial charge < -0.3 is 9.97 Å². The molecule has 1 aliphatic carbocycles. The largest absolute Gasteiger partial charge is 0.365 e. The Morgan fingerprint density at radius 2 is 2.09 bits per heavy atom. The highest BCUT2D eigenvalue weighted by atomic mass is 35.5. The van der Waals surface area contributed by atoms with Gasteiger partial charge in [0.25, 0.3) is 5.91 Å². The number of nitrogens with one attached hydrogen (secondary N) is 3. The van der Waals surface area contributed by atoms with E-state index < -0.39 is 5.91 Å². The molecule has 0 aliphatic heterocycles. The van der Waals surface area contributed by atoms with Gasteiger partial charge in [0, 0.05) is 59.2 Å². The van der Waals surface area contributed by atoms with Gasteiger partial charge in [0.15, 0.2) is 0 Å². The van der Waals surface area contributed by atoms with Crippen LogP contribution in [-0.2, 0) is 24.2 Å². The van der Waals surface area contributed by atoms with Crippen molar-refractivity contribution in [1.29, 1.82) is 0 Å². The van der Waals surface area contributed by atoms with Crippen LogP contribution in [0.15, 0.2) is 60.9 Å². The van der Waals surface area contributed by atoms with E-state index in [1.165, 1.54) is 39.4 Å². The maximum absolute atomic E-state index is 11.3. The van der Waals surface area contributed by atoms with Crippen molar-refractivity contribution >= 4 is 34.5 Å². The van der Waals surface area contributed by atoms with Crippen molar-refractivity contribution < 1.29 is 10.0 Å². The first-order valence-corrected chi connectivity index (χ1v) is 12.3. The summed E-state index contributed by atoms with van der Waals surface area (Å²) in [5.74, 6) is -0.532. The number of nitrogens with zero attached hydrogens (tertiary/aromatic N) is 1. The Kier molecular flexibility index (Phi) is 6.77. The summed E-state index contributed by atoms with van der Waals surface area (Å²) in [5.41, 5.74) is 10.2. The third-order valence-electron chi connectivity index (χ3n) is 7.03. The van der Waals surface area contributed by atoms with Gasteiger partial charge in [0.05, 0.1) is 0 Å². The average Bonchev–Trinajstić information content (AvgIpc) is 3.58. The Hall–Kier alpha value is -3.32. The maximum Gasteiger partial charge on any atom is 0.267 e. The van der Waals surface area contributed by atoms with Crippen LogP contribution in [0.3, 0.4) is 0 Å². The smallest absolute Gasteiger partial charge is 0.267 e. The molecule has 1 unspecified atom stereocenters. The number of carbonyl (C=O) groups is 1. The number of carbonyl (C=O) groups excluding carboxylic acids is 1. The molecule has 0 radical (unpaired) electrons. The van der Waals surface area contributed by atoms with Gasteiger partial charge in [-0.3, -0.25) is 14.9 Å². The van der Waals surface area contributed by atoms with E-state index in [-0.39, 0.29) is 0 Å². The minimum Gasteiger partial charge on any atom is -0.365 e. The van der Waals surface area contributed by atoms with E-state index in [0.717, 1.165) is 48.5 Å². The first-order chi connectivity index (χ1) is 17.0. The summed E-state index contributed by atoms with van der Waals surface area (Å²) in [6.07, 6.45) is 10.2. The third-order valence-corrected chi connectivity index (χ3v) is 7.26. The monoisotopic (exact) mass is 488 g/mol. The molecule has 2 aromatic carbocycles. The molecule has 2 heterocycles. The second-order valence-corrected chi connectivity index (χ2v) is 9.61. The lowest BCUT2D eigenvalue weighted by Crippen LogP contribution is -2.29. The van der Waals surface area contributed by atoms with Gasteiger partial charge in [-0.05, 0) is 78.3 Å². The van der Waals surface area contributed by atoms with Gasteiger partial charge in [-0.25, -0.2) is 5.48 Å². The lowest BCUT2D eigenvalue weighted by molar-refractivity contribution is -0.124. The lowest BCUT2D eigenvalue weighted by Gasteiger charge is -2.30. The predicted octanol–water partition coefficient (Wildman–Crippen LogP) is 5.71. The first-order valence-electron chi connectivity index (χ1n) is 11.9. The zero-order valence-corrected chi connectivity index (χ0v) is 20.4. The molecule has 7 heteroatoms. The summed E-state index contributed by atoms with van der Waals surface area (Å²) in [6, 6.07) is 14.9. The summed E-state index contributed by atoms with van der Waals surface area (Å²) in [6.45, 7) is 3.94. The highest BCUT2D eigenvalue weighted by Gasteiger charge is 2.28. The van der Waals surface area contributed by atoms with Gasteiger partial charge >= 0.3 is 0 Å². The summed E-state index contributed by atoms with van der Waals surface area (Å²) in [7, 11) is 0. The normalized spacial score (nSPS) is 15.4. The number of hydrogen-bond donors (Lipinski definition) is 4. The first kappa shape index (κ1) is 23.4. The number of benzene rings is 2. The predicted molar refractivity (Wildman–Crippen MR) is 139 cm³/mol. The van der Waals surface area contributed by atoms with Crippen LogP contribution in [0, 0.1) is 6.92 Å². The van der Waals surface area contributed by atoms with Crippen LogP contribution >= 0.6 is 11.6 Å². The fourth-order valence-corrected chi connectivity index (χ4v) is 5.33. The maximum atomic E-state index is 11.3. The number of hydrogen-bond acceptors (Lipinski definition) is 3. The number of aromatic amines is 2. The van der Waals surface area contributed by atoms with E-state index in [1.54, 1.807) is 11.6 Å². The van der Waals surface area contributed by atoms with Crippen LogP contribution in [0.5, 0.6) is 0 Å². The van der Waals surface area contributed by atoms with E-state index >= 15 is 0 Å². The van der Waals surface area contributed by atoms with Crippen LogP contribution < -0.4 is 5.48 Å². The average molecular weight is 489 g/mol. The fraction of sp³-hybridized carbons (Fsp3) is 0.250. The van der Waals surface area contributed by atoms with Gasteiger partial charge in [-0.15, -0.1) is 0 Å². The van der Waals surface area contributed by atoms with Crippen molar-refractivity contribution in [3.05, 3.63) is 99.5 Å². The fourth-order valence-electron chi connectivity index (χ4n) is 5.16. The van der Waals surface area contributed by atoms with Crippen molar-refractivity contribution in [3.8, 4) is 0 Å². The SMILES string of the molecule is Cc1[nH]ccc1CN(CCc1c[nH]c2cc(Cl)ccc12)C1CCc2cc(/C=C/C(=O)NO)ccc21. The van der Waals surface area contributed by atoms with Gasteiger partial charge in [-0.1, -0.05) is 35.9 Å². The van der Waals surface area contributed by atoms with Crippen LogP contribution in [0.1, 0.15) is 46.0 Å². The Morgan fingerprint density at radius 3 is 2.89 bits per heavy atom. The molecule has 0 bridgehead atoms. The summed E-state index contributed by atoms with van der Waals surface area (Å²) in [5, 5.41) is 10.7. The van der Waals surface area contributed by atoms with Crippen molar-refractivity contribution in [2.24, 2.45) is 0 Å². The quantitative estimate of drug-likeness (QED) is 0.146. The van der Waals surface area contributed by atoms with Crippen LogP contribution in [0.25, 0.3) is 17.0 Å². The van der Waals surface area contributed by atoms with Crippen molar-refractivity contribution in [2.45, 2.75) is 38.8 Å². The molecule has 1 aliphatic rings. The second-order valence-electron chi connectivity index (χ2n) is 9.17. The molecule has 6 nitrogen and oxygen atoms in total. The number of H-pyrrole nitrogens is 2. The molecule has 5 rings (SSSR count). The zero-order valence-electron chi connectivity index (χ0n) is 19.6. The van der Waals surface area contributed by atoms with Gasteiger partial charge in [-0.2, -0.15) is 0 Å². The van der Waals surface area contributed by atoms with Gasteiger partial charge in [0.1, 0.15) is 0 Å². The molecule has 1 amide bonds. The van der Waals surface area contributed by atoms with Crippen LogP contribution in [0.2, 0.25) is 5.02 Å². The molecule has 4 aromatic rings. The molecule has 0 fully saturated rings. The van der Waals surface area contributed by atoms with Crippen molar-refractivity contribution in [3.63, 3.8) is 0 Å². The van der Waals surface area contributed by atoms with E-state index in [0.29, 0.717) is 6.04 Å². The number of rotatable bonds is 8. The number of fused-ring (bicyclic) bond motifs is 2. The van der Waals surface area contributed by atoms with Crippen molar-refractivity contribution in [1.82, 2.24) is 20.3 Å². The Morgan fingerprint density at radius 1 is 1.20 bits per heavy atom. The molecule has 4 N–H and O–H groups in total. The minimum atomic E-state index is -0.532. The molecular formula is C28H29ClN4O2. The highest BCUT2D eigenvalue weighted by molar-refractivity contribution is 6.31. The van der Waals surface area contributed by atoms with Gasteiger partial charge in [0.2, 0.25) is 0 Å². The highest BCUT2D eigenvalue weighted by Crippen LogP contribution is 2.38. The molecule has 180 valence electrons. The van der Waals surface area contributed by atoms with Crippen LogP contribution in [-0.4, -0.2) is 32.5 Å². The molecule has 0 saturated carbocycles. The summed E-state index contributed by atoms with van der Waals surface area (Å²) >= 11 is 6.17. The number of aromatic nitrogens is 2. The lowest BCUT2D eigenvalue weighted by atomic mass is 10.0. The zero-order chi connectivity index (χ0) is 24.4. The minimum absolute atomic E-state index is 0.331. The van der Waals surface area contributed by atoms with E-state index in [4.69, 9.17) is 16.8 Å². The van der Waals surface area contributed by atoms with E-state index in [1.807, 2.05) is 24.4 Å².